The van der Waals surface area contributed by atoms with Crippen LogP contribution in [0, 0.1) is 0 Å². The molecule has 0 unspecified atom stereocenters. The first-order chi connectivity index (χ1) is 13.7. The summed E-state index contributed by atoms with van der Waals surface area (Å²) in [7, 11) is 4.18. The normalized spacial score (nSPS) is 10.8. The van der Waals surface area contributed by atoms with Crippen LogP contribution in [0.15, 0.2) is 66.7 Å². The van der Waals surface area contributed by atoms with E-state index in [2.05, 4.69) is 53.9 Å². The van der Waals surface area contributed by atoms with E-state index in [1.165, 1.54) is 5.56 Å². The molecule has 0 bridgehead atoms. The smallest absolute Gasteiger partial charge is 0.163 e. The summed E-state index contributed by atoms with van der Waals surface area (Å²) < 4.78 is 0. The predicted octanol–water partition coefficient (Wildman–Crippen LogP) is 4.16. The van der Waals surface area contributed by atoms with Gasteiger partial charge in [0.1, 0.15) is 11.6 Å². The van der Waals surface area contributed by atoms with Gasteiger partial charge < -0.3 is 15.5 Å². The minimum atomic E-state index is 0.737. The largest absolute Gasteiger partial charge is 0.370 e. The van der Waals surface area contributed by atoms with Crippen molar-refractivity contribution in [3.63, 3.8) is 0 Å². The second-order valence-electron chi connectivity index (χ2n) is 7.07. The number of nitrogens with one attached hydrogen (secondary N) is 2. The molecule has 5 heteroatoms. The zero-order chi connectivity index (χ0) is 19.6. The Bertz CT molecular complexity index is 834. The molecule has 0 aliphatic rings. The quantitative estimate of drug-likeness (QED) is 0.521. The van der Waals surface area contributed by atoms with E-state index in [0.717, 1.165) is 55.5 Å². The van der Waals surface area contributed by atoms with Gasteiger partial charge >= 0.3 is 0 Å². The lowest BCUT2D eigenvalue weighted by Crippen LogP contribution is -2.17. The molecule has 3 rings (SSSR count). The fourth-order valence-electron chi connectivity index (χ4n) is 2.94. The van der Waals surface area contributed by atoms with Gasteiger partial charge in [0.25, 0.3) is 0 Å². The van der Waals surface area contributed by atoms with Crippen LogP contribution in [0.1, 0.15) is 12.0 Å². The van der Waals surface area contributed by atoms with Gasteiger partial charge in [0.05, 0.1) is 0 Å². The van der Waals surface area contributed by atoms with Crippen LogP contribution >= 0.6 is 0 Å². The first-order valence-electron chi connectivity index (χ1n) is 9.81. The Morgan fingerprint density at radius 3 is 2.04 bits per heavy atom. The summed E-state index contributed by atoms with van der Waals surface area (Å²) in [6.45, 7) is 2.76. The molecule has 0 aliphatic carbocycles. The third kappa shape index (κ3) is 6.35. The summed E-state index contributed by atoms with van der Waals surface area (Å²) in [5.74, 6) is 2.44. The standard InChI is InChI=1S/C23H29N5/c1-28(2)17-9-15-24-21-18-22(25-16-14-19-10-5-3-6-11-19)27-23(26-21)20-12-7-4-8-13-20/h3-8,10-13,18H,9,14-17H2,1-2H3,(H2,24,25,26,27). The summed E-state index contributed by atoms with van der Waals surface area (Å²) in [4.78, 5) is 11.6. The highest BCUT2D eigenvalue weighted by atomic mass is 15.1. The Morgan fingerprint density at radius 2 is 1.39 bits per heavy atom. The average Bonchev–Trinajstić information content (AvgIpc) is 2.72. The van der Waals surface area contributed by atoms with Crippen molar-refractivity contribution >= 4 is 11.6 Å². The summed E-state index contributed by atoms with van der Waals surface area (Å²) in [5, 5.41) is 6.89. The molecular weight excluding hydrogens is 346 g/mol. The fourth-order valence-corrected chi connectivity index (χ4v) is 2.94. The maximum atomic E-state index is 4.72. The Balaban J connectivity index is 1.69. The van der Waals surface area contributed by atoms with E-state index in [1.54, 1.807) is 0 Å². The molecule has 2 aromatic carbocycles. The van der Waals surface area contributed by atoms with Crippen LogP contribution in [0.5, 0.6) is 0 Å². The van der Waals surface area contributed by atoms with Crippen LogP contribution in [-0.4, -0.2) is 48.6 Å². The number of benzene rings is 2. The molecule has 146 valence electrons. The summed E-state index contributed by atoms with van der Waals surface area (Å²) >= 11 is 0. The van der Waals surface area contributed by atoms with Crippen LogP contribution in [0.4, 0.5) is 11.6 Å². The van der Waals surface area contributed by atoms with Gasteiger partial charge in [-0.25, -0.2) is 9.97 Å². The van der Waals surface area contributed by atoms with Gasteiger partial charge in [-0.2, -0.15) is 0 Å². The van der Waals surface area contributed by atoms with E-state index in [9.17, 15) is 0 Å². The third-order valence-electron chi connectivity index (χ3n) is 4.41. The zero-order valence-corrected chi connectivity index (χ0v) is 16.7. The number of aromatic nitrogens is 2. The van der Waals surface area contributed by atoms with Crippen LogP contribution in [0.3, 0.4) is 0 Å². The van der Waals surface area contributed by atoms with Crippen molar-refractivity contribution in [2.75, 3.05) is 44.4 Å². The Kier molecular flexibility index (Phi) is 7.38. The molecule has 0 saturated heterocycles. The van der Waals surface area contributed by atoms with Gasteiger partial charge in [-0.3, -0.25) is 0 Å². The maximum Gasteiger partial charge on any atom is 0.163 e. The zero-order valence-electron chi connectivity index (χ0n) is 16.7. The van der Waals surface area contributed by atoms with Crippen molar-refractivity contribution in [3.05, 3.63) is 72.3 Å². The van der Waals surface area contributed by atoms with Crippen molar-refractivity contribution in [3.8, 4) is 11.4 Å². The molecule has 0 aliphatic heterocycles. The van der Waals surface area contributed by atoms with Crippen molar-refractivity contribution in [1.29, 1.82) is 0 Å². The van der Waals surface area contributed by atoms with Gasteiger partial charge in [-0.05, 0) is 39.0 Å². The molecule has 2 N–H and O–H groups in total. The first-order valence-corrected chi connectivity index (χ1v) is 9.81. The van der Waals surface area contributed by atoms with Crippen LogP contribution in [0.25, 0.3) is 11.4 Å². The molecule has 3 aromatic rings. The lowest BCUT2D eigenvalue weighted by Gasteiger charge is -2.13. The van der Waals surface area contributed by atoms with Crippen molar-refractivity contribution < 1.29 is 0 Å². The first kappa shape index (κ1) is 19.8. The molecule has 0 atom stereocenters. The highest BCUT2D eigenvalue weighted by Gasteiger charge is 2.07. The van der Waals surface area contributed by atoms with Crippen molar-refractivity contribution in [2.45, 2.75) is 12.8 Å². The van der Waals surface area contributed by atoms with Crippen LogP contribution in [0.2, 0.25) is 0 Å². The Hall–Kier alpha value is -2.92. The molecule has 5 nitrogen and oxygen atoms in total. The molecule has 1 heterocycles. The van der Waals surface area contributed by atoms with Gasteiger partial charge in [0.15, 0.2) is 5.82 Å². The second-order valence-corrected chi connectivity index (χ2v) is 7.07. The van der Waals surface area contributed by atoms with Crippen LogP contribution in [-0.2, 0) is 6.42 Å². The Labute approximate surface area is 167 Å². The molecule has 28 heavy (non-hydrogen) atoms. The number of hydrogen-bond donors (Lipinski definition) is 2. The molecule has 0 fully saturated rings. The van der Waals surface area contributed by atoms with E-state index in [0.29, 0.717) is 0 Å². The summed E-state index contributed by atoms with van der Waals surface area (Å²) in [5.41, 5.74) is 2.33. The molecule has 0 amide bonds. The van der Waals surface area contributed by atoms with E-state index in [4.69, 9.17) is 9.97 Å². The number of anilines is 2. The minimum absolute atomic E-state index is 0.737. The van der Waals surface area contributed by atoms with E-state index >= 15 is 0 Å². The molecule has 1 aromatic heterocycles. The summed E-state index contributed by atoms with van der Waals surface area (Å²) in [6, 6.07) is 22.6. The van der Waals surface area contributed by atoms with Crippen molar-refractivity contribution in [1.82, 2.24) is 14.9 Å². The number of rotatable bonds is 10. The van der Waals surface area contributed by atoms with Gasteiger partial charge in [-0.15, -0.1) is 0 Å². The molecule has 0 radical (unpaired) electrons. The van der Waals surface area contributed by atoms with E-state index in [1.807, 2.05) is 42.5 Å². The number of nitrogens with zero attached hydrogens (tertiary/aromatic N) is 3. The minimum Gasteiger partial charge on any atom is -0.370 e. The lowest BCUT2D eigenvalue weighted by atomic mass is 10.1. The van der Waals surface area contributed by atoms with Gasteiger partial charge in [0, 0.05) is 24.7 Å². The maximum absolute atomic E-state index is 4.72. The lowest BCUT2D eigenvalue weighted by molar-refractivity contribution is 0.405. The monoisotopic (exact) mass is 375 g/mol. The van der Waals surface area contributed by atoms with Crippen LogP contribution < -0.4 is 10.6 Å². The molecular formula is C23H29N5. The number of hydrogen-bond acceptors (Lipinski definition) is 5. The average molecular weight is 376 g/mol. The topological polar surface area (TPSA) is 53.1 Å². The van der Waals surface area contributed by atoms with Gasteiger partial charge in [0.2, 0.25) is 0 Å². The SMILES string of the molecule is CN(C)CCCNc1cc(NCCc2ccccc2)nc(-c2ccccc2)n1. The third-order valence-corrected chi connectivity index (χ3v) is 4.41. The highest BCUT2D eigenvalue weighted by molar-refractivity contribution is 5.61. The highest BCUT2D eigenvalue weighted by Crippen LogP contribution is 2.20. The predicted molar refractivity (Wildman–Crippen MR) is 118 cm³/mol. The molecule has 0 spiro atoms. The second kappa shape index (κ2) is 10.4. The molecule has 0 saturated carbocycles. The van der Waals surface area contributed by atoms with Crippen molar-refractivity contribution in [2.24, 2.45) is 0 Å². The van der Waals surface area contributed by atoms with E-state index < -0.39 is 0 Å². The summed E-state index contributed by atoms with van der Waals surface area (Å²) in [6.07, 6.45) is 2.02. The van der Waals surface area contributed by atoms with E-state index in [-0.39, 0.29) is 0 Å². The fraction of sp³-hybridized carbons (Fsp3) is 0.304. The Morgan fingerprint density at radius 1 is 0.786 bits per heavy atom. The van der Waals surface area contributed by atoms with Gasteiger partial charge in [-0.1, -0.05) is 60.7 Å².